The van der Waals surface area contributed by atoms with Gasteiger partial charge in [0.2, 0.25) is 0 Å². The molecule has 0 amide bonds. The predicted octanol–water partition coefficient (Wildman–Crippen LogP) is 2.58. The Labute approximate surface area is 122 Å². The predicted molar refractivity (Wildman–Crippen MR) is 80.9 cm³/mol. The molecule has 1 unspecified atom stereocenters. The van der Waals surface area contributed by atoms with Crippen LogP contribution in [0.25, 0.3) is 0 Å². The van der Waals surface area contributed by atoms with Gasteiger partial charge in [-0.05, 0) is 54.0 Å². The maximum Gasteiger partial charge on any atom is 0.160 e. The summed E-state index contributed by atoms with van der Waals surface area (Å²) in [6, 6.07) is 4.09. The number of rotatable bonds is 3. The molecule has 1 aromatic rings. The van der Waals surface area contributed by atoms with Crippen molar-refractivity contribution in [2.24, 2.45) is 5.73 Å². The molecule has 1 heterocycles. The molecule has 2 N–H and O–H groups in total. The number of hydrogen-bond donors (Lipinski definition) is 1. The molecule has 0 aliphatic carbocycles. The van der Waals surface area contributed by atoms with E-state index in [1.54, 1.807) is 0 Å². The van der Waals surface area contributed by atoms with Crippen molar-refractivity contribution in [3.8, 4) is 0 Å². The van der Waals surface area contributed by atoms with E-state index in [0.29, 0.717) is 22.7 Å². The van der Waals surface area contributed by atoms with E-state index < -0.39 is 0 Å². The molecule has 19 heavy (non-hydrogen) atoms. The molecule has 0 spiro atoms. The quantitative estimate of drug-likeness (QED) is 0.925. The molecule has 0 bridgehead atoms. The highest BCUT2D eigenvalue weighted by Gasteiger charge is 2.24. The topological polar surface area (TPSA) is 32.5 Å². The van der Waals surface area contributed by atoms with Crippen molar-refractivity contribution in [2.45, 2.75) is 25.4 Å². The molecule has 1 fully saturated rings. The molecule has 1 atom stereocenters. The Hall–Kier alpha value is -0.650. The van der Waals surface area contributed by atoms with Crippen molar-refractivity contribution in [2.75, 3.05) is 32.1 Å². The molecule has 1 aromatic carbocycles. The van der Waals surface area contributed by atoms with Crippen molar-refractivity contribution in [1.82, 2.24) is 4.90 Å². The number of likely N-dealkylation sites (N-methyl/N-ethyl adjacent to an activating group) is 2. The fourth-order valence-corrected chi connectivity index (χ4v) is 3.16. The van der Waals surface area contributed by atoms with Gasteiger partial charge in [0.1, 0.15) is 0 Å². The standard InChI is InChI=1S/C14H21BrFN3/c1-18-7-3-4-11(9-18)19(2)12-6-5-10(8-17)13(15)14(12)16/h5-6,11H,3-4,7-9,17H2,1-2H3. The first kappa shape index (κ1) is 14.8. The van der Waals surface area contributed by atoms with Crippen molar-refractivity contribution in [1.29, 1.82) is 0 Å². The third kappa shape index (κ3) is 3.09. The van der Waals surface area contributed by atoms with Gasteiger partial charge in [-0.25, -0.2) is 4.39 Å². The lowest BCUT2D eigenvalue weighted by molar-refractivity contribution is 0.247. The summed E-state index contributed by atoms with van der Waals surface area (Å²) in [7, 11) is 4.08. The Morgan fingerprint density at radius 2 is 2.26 bits per heavy atom. The van der Waals surface area contributed by atoms with E-state index in [-0.39, 0.29) is 5.82 Å². The zero-order valence-corrected chi connectivity index (χ0v) is 13.1. The molecule has 1 aliphatic rings. The lowest BCUT2D eigenvalue weighted by Crippen LogP contribution is -2.45. The number of nitrogens with two attached hydrogens (primary N) is 1. The number of piperidine rings is 1. The summed E-state index contributed by atoms with van der Waals surface area (Å²) in [5.41, 5.74) is 7.03. The third-order valence-corrected chi connectivity index (χ3v) is 4.75. The van der Waals surface area contributed by atoms with Crippen LogP contribution in [0.3, 0.4) is 0 Å². The molecular weight excluding hydrogens is 309 g/mol. The van der Waals surface area contributed by atoms with E-state index in [2.05, 4.69) is 32.8 Å². The van der Waals surface area contributed by atoms with Gasteiger partial charge in [0, 0.05) is 26.2 Å². The normalized spacial score (nSPS) is 20.6. The average molecular weight is 330 g/mol. The molecule has 5 heteroatoms. The van der Waals surface area contributed by atoms with Gasteiger partial charge in [-0.15, -0.1) is 0 Å². The second-order valence-electron chi connectivity index (χ2n) is 5.25. The maximum absolute atomic E-state index is 14.4. The number of halogens is 2. The minimum atomic E-state index is -0.210. The fourth-order valence-electron chi connectivity index (χ4n) is 2.66. The number of nitrogens with zero attached hydrogens (tertiary/aromatic N) is 2. The van der Waals surface area contributed by atoms with Crippen LogP contribution in [0.15, 0.2) is 16.6 Å². The molecule has 0 radical (unpaired) electrons. The van der Waals surface area contributed by atoms with Crippen molar-refractivity contribution in [3.63, 3.8) is 0 Å². The van der Waals surface area contributed by atoms with Crippen LogP contribution in [0.1, 0.15) is 18.4 Å². The molecule has 0 saturated carbocycles. The highest BCUT2D eigenvalue weighted by molar-refractivity contribution is 9.10. The van der Waals surface area contributed by atoms with Crippen molar-refractivity contribution < 1.29 is 4.39 Å². The van der Waals surface area contributed by atoms with E-state index in [0.717, 1.165) is 31.5 Å². The van der Waals surface area contributed by atoms with Gasteiger partial charge in [0.05, 0.1) is 10.2 Å². The van der Waals surface area contributed by atoms with Crippen LogP contribution in [0.5, 0.6) is 0 Å². The Morgan fingerprint density at radius 3 is 2.89 bits per heavy atom. The largest absolute Gasteiger partial charge is 0.368 e. The van der Waals surface area contributed by atoms with E-state index in [1.807, 2.05) is 19.2 Å². The van der Waals surface area contributed by atoms with Crippen LogP contribution >= 0.6 is 15.9 Å². The highest BCUT2D eigenvalue weighted by Crippen LogP contribution is 2.31. The summed E-state index contributed by atoms with van der Waals surface area (Å²) >= 11 is 3.30. The molecule has 2 rings (SSSR count). The van der Waals surface area contributed by atoms with Gasteiger partial charge in [0.15, 0.2) is 5.82 Å². The smallest absolute Gasteiger partial charge is 0.160 e. The summed E-state index contributed by atoms with van der Waals surface area (Å²) in [4.78, 5) is 4.35. The minimum absolute atomic E-state index is 0.210. The van der Waals surface area contributed by atoms with Crippen molar-refractivity contribution >= 4 is 21.6 Å². The third-order valence-electron chi connectivity index (χ3n) is 3.89. The van der Waals surface area contributed by atoms with Crippen LogP contribution in [0, 0.1) is 5.82 Å². The van der Waals surface area contributed by atoms with E-state index in [1.165, 1.54) is 0 Å². The van der Waals surface area contributed by atoms with E-state index in [4.69, 9.17) is 5.73 Å². The molecule has 1 aliphatic heterocycles. The van der Waals surface area contributed by atoms with Gasteiger partial charge in [0.25, 0.3) is 0 Å². The van der Waals surface area contributed by atoms with E-state index in [9.17, 15) is 4.39 Å². The summed E-state index contributed by atoms with van der Waals surface area (Å²) in [5, 5.41) is 0. The second-order valence-corrected chi connectivity index (χ2v) is 6.04. The Kier molecular flexibility index (Phi) is 4.81. The average Bonchev–Trinajstić information content (AvgIpc) is 2.41. The molecule has 3 nitrogen and oxygen atoms in total. The summed E-state index contributed by atoms with van der Waals surface area (Å²) in [6.07, 6.45) is 2.27. The van der Waals surface area contributed by atoms with Crippen molar-refractivity contribution in [3.05, 3.63) is 28.0 Å². The summed E-state index contributed by atoms with van der Waals surface area (Å²) in [5.74, 6) is -0.210. The first-order valence-electron chi connectivity index (χ1n) is 6.63. The van der Waals surface area contributed by atoms with Gasteiger partial charge >= 0.3 is 0 Å². The molecule has 106 valence electrons. The zero-order chi connectivity index (χ0) is 14.0. The number of hydrogen-bond acceptors (Lipinski definition) is 3. The molecular formula is C14H21BrFN3. The Bertz CT molecular complexity index is 453. The maximum atomic E-state index is 14.4. The van der Waals surface area contributed by atoms with Crippen LogP contribution in [-0.4, -0.2) is 38.1 Å². The summed E-state index contributed by atoms with van der Waals surface area (Å²) < 4.78 is 14.9. The van der Waals surface area contributed by atoms with Crippen LogP contribution in [0.4, 0.5) is 10.1 Å². The Morgan fingerprint density at radius 1 is 1.53 bits per heavy atom. The number of anilines is 1. The Balaban J connectivity index is 2.23. The first-order valence-corrected chi connectivity index (χ1v) is 7.42. The van der Waals surface area contributed by atoms with Crippen LogP contribution in [0.2, 0.25) is 0 Å². The highest BCUT2D eigenvalue weighted by atomic mass is 79.9. The first-order chi connectivity index (χ1) is 9.04. The monoisotopic (exact) mass is 329 g/mol. The van der Waals surface area contributed by atoms with Crippen LogP contribution in [-0.2, 0) is 6.54 Å². The van der Waals surface area contributed by atoms with E-state index >= 15 is 0 Å². The number of likely N-dealkylation sites (tertiary alicyclic amines) is 1. The zero-order valence-electron chi connectivity index (χ0n) is 11.5. The summed E-state index contributed by atoms with van der Waals surface area (Å²) in [6.45, 7) is 2.45. The SMILES string of the molecule is CN1CCCC(N(C)c2ccc(CN)c(Br)c2F)C1. The molecule has 1 saturated heterocycles. The lowest BCUT2D eigenvalue weighted by atomic mass is 10.0. The van der Waals surface area contributed by atoms with Crippen LogP contribution < -0.4 is 10.6 Å². The minimum Gasteiger partial charge on any atom is -0.368 e. The number of benzene rings is 1. The van der Waals surface area contributed by atoms with Gasteiger partial charge < -0.3 is 15.5 Å². The lowest BCUT2D eigenvalue weighted by Gasteiger charge is -2.37. The molecule has 0 aromatic heterocycles. The second kappa shape index (κ2) is 6.20. The van der Waals surface area contributed by atoms with Gasteiger partial charge in [-0.1, -0.05) is 6.07 Å². The van der Waals surface area contributed by atoms with Gasteiger partial charge in [-0.2, -0.15) is 0 Å². The fraction of sp³-hybridized carbons (Fsp3) is 0.571. The van der Waals surface area contributed by atoms with Gasteiger partial charge in [-0.3, -0.25) is 0 Å².